The molecule has 5 N–H and O–H groups in total. The minimum absolute atomic E-state index is 0.128. The second kappa shape index (κ2) is 17.4. The van der Waals surface area contributed by atoms with Gasteiger partial charge in [0, 0.05) is 24.2 Å². The molecular weight excluding hydrogens is 753 g/mol. The number of amides is 4. The topological polar surface area (TPSA) is 203 Å². The Morgan fingerprint density at radius 3 is 1.86 bits per heavy atom. The van der Waals surface area contributed by atoms with Crippen molar-refractivity contribution in [2.75, 3.05) is 26.8 Å². The number of ether oxygens (including phenoxy) is 1. The van der Waals surface area contributed by atoms with Crippen LogP contribution in [-0.4, -0.2) is 103 Å². The molecule has 7 rings (SSSR count). The third kappa shape index (κ3) is 8.70. The van der Waals surface area contributed by atoms with E-state index in [1.807, 2.05) is 70.2 Å². The number of aromatic nitrogens is 4. The molecule has 5 aromatic rings. The van der Waals surface area contributed by atoms with Crippen molar-refractivity contribution in [3.05, 3.63) is 94.6 Å². The molecule has 2 aliphatic heterocycles. The normalized spacial score (nSPS) is 17.8. The smallest absolute Gasteiger partial charge is 0.407 e. The highest BCUT2D eigenvalue weighted by molar-refractivity contribution is 6.10. The van der Waals surface area contributed by atoms with Crippen molar-refractivity contribution in [3.63, 3.8) is 0 Å². The third-order valence-electron chi connectivity index (χ3n) is 11.4. The second-order valence-electron chi connectivity index (χ2n) is 16.2. The van der Waals surface area contributed by atoms with Gasteiger partial charge in [0.2, 0.25) is 17.7 Å². The number of aromatic amines is 2. The van der Waals surface area contributed by atoms with E-state index in [9.17, 15) is 29.1 Å². The number of aliphatic hydroxyl groups is 1. The Morgan fingerprint density at radius 1 is 0.746 bits per heavy atom. The maximum atomic E-state index is 13.9. The van der Waals surface area contributed by atoms with Crippen LogP contribution in [0.2, 0.25) is 0 Å². The van der Waals surface area contributed by atoms with Crippen molar-refractivity contribution in [2.24, 2.45) is 11.8 Å². The van der Waals surface area contributed by atoms with Crippen LogP contribution in [0.25, 0.3) is 22.1 Å². The molecule has 4 amide bonds. The molecule has 0 radical (unpaired) electrons. The standard InChI is InChI=1S/C44H52N8O7/c1-24(2)37(49-36(54)23-53)42(56)51-17-7-12-35(51)41-46-31-16-14-29(22-33(31)48-41)39(55)28-10-6-9-26(20-28)19-27-13-15-30-32(21-27)47-40(45-30)34-11-8-18-52(34)43(57)38(25(3)4)50-44(58)59-5/h6,9-10,13-16,20-22,24-25,34-35,37-38,53H,7-8,11-12,17-19,23H2,1-5H3,(H,45,47)(H,46,48)(H,49,54)(H,50,58). The van der Waals surface area contributed by atoms with Gasteiger partial charge >= 0.3 is 6.09 Å². The zero-order chi connectivity index (χ0) is 42.0. The summed E-state index contributed by atoms with van der Waals surface area (Å²) in [6.45, 7) is 7.89. The minimum atomic E-state index is -0.768. The molecule has 2 saturated heterocycles. The molecule has 2 aromatic heterocycles. The lowest BCUT2D eigenvalue weighted by Crippen LogP contribution is -2.51. The first-order chi connectivity index (χ1) is 28.3. The molecule has 2 aliphatic rings. The van der Waals surface area contributed by atoms with E-state index in [0.29, 0.717) is 59.7 Å². The van der Waals surface area contributed by atoms with Crippen molar-refractivity contribution in [2.45, 2.75) is 84.0 Å². The van der Waals surface area contributed by atoms with E-state index < -0.39 is 30.7 Å². The zero-order valence-electron chi connectivity index (χ0n) is 34.1. The number of fused-ring (bicyclic) bond motifs is 2. The van der Waals surface area contributed by atoms with Crippen LogP contribution >= 0.6 is 0 Å². The number of benzene rings is 3. The number of imidazole rings is 2. The Kier molecular flexibility index (Phi) is 12.1. The zero-order valence-corrected chi connectivity index (χ0v) is 34.1. The first kappa shape index (κ1) is 41.1. The predicted octanol–water partition coefficient (Wildman–Crippen LogP) is 5.10. The van der Waals surface area contributed by atoms with Gasteiger partial charge in [0.15, 0.2) is 5.78 Å². The Hall–Kier alpha value is -6.09. The average Bonchev–Trinajstić information content (AvgIpc) is 4.06. The van der Waals surface area contributed by atoms with Crippen molar-refractivity contribution in [3.8, 4) is 0 Å². The Bertz CT molecular complexity index is 2380. The Balaban J connectivity index is 1.04. The molecule has 15 heteroatoms. The van der Waals surface area contributed by atoms with Crippen molar-refractivity contribution < 1.29 is 33.8 Å². The molecule has 0 spiro atoms. The molecule has 0 saturated carbocycles. The third-order valence-corrected chi connectivity index (χ3v) is 11.4. The SMILES string of the molecule is COC(=O)NC(C(=O)N1CCCC1c1nc2ccc(Cc3cccc(C(=O)c4ccc5nc(C6CCCN6C(=O)C(NC(=O)CO)C(C)C)[nH]c5c4)c3)cc2[nH]1)C(C)C. The molecular formula is C44H52N8O7. The number of nitrogens with zero attached hydrogens (tertiary/aromatic N) is 4. The van der Waals surface area contributed by atoms with Crippen molar-refractivity contribution in [1.29, 1.82) is 0 Å². The van der Waals surface area contributed by atoms with Crippen LogP contribution in [0.5, 0.6) is 0 Å². The fourth-order valence-electron chi connectivity index (χ4n) is 8.32. The van der Waals surface area contributed by atoms with E-state index in [2.05, 4.69) is 20.6 Å². The summed E-state index contributed by atoms with van der Waals surface area (Å²) >= 11 is 0. The van der Waals surface area contributed by atoms with Gasteiger partial charge in [-0.05, 0) is 91.5 Å². The monoisotopic (exact) mass is 804 g/mol. The summed E-state index contributed by atoms with van der Waals surface area (Å²) in [6, 6.07) is 16.9. The van der Waals surface area contributed by atoms with E-state index in [4.69, 9.17) is 14.7 Å². The number of carbonyl (C=O) groups is 5. The number of nitrogens with one attached hydrogen (secondary N) is 4. The van der Waals surface area contributed by atoms with Crippen LogP contribution in [0.15, 0.2) is 60.7 Å². The molecule has 59 heavy (non-hydrogen) atoms. The molecule has 310 valence electrons. The summed E-state index contributed by atoms with van der Waals surface area (Å²) in [7, 11) is 1.28. The van der Waals surface area contributed by atoms with Crippen LogP contribution < -0.4 is 10.6 Å². The molecule has 15 nitrogen and oxygen atoms in total. The van der Waals surface area contributed by atoms with E-state index in [0.717, 1.165) is 41.4 Å². The van der Waals surface area contributed by atoms with Gasteiger partial charge in [-0.3, -0.25) is 19.2 Å². The summed E-state index contributed by atoms with van der Waals surface area (Å²) in [5.74, 6) is -0.0812. The highest BCUT2D eigenvalue weighted by atomic mass is 16.5. The summed E-state index contributed by atoms with van der Waals surface area (Å²) in [6.07, 6.45) is 3.00. The van der Waals surface area contributed by atoms with Crippen LogP contribution in [0, 0.1) is 11.8 Å². The summed E-state index contributed by atoms with van der Waals surface area (Å²) in [4.78, 5) is 85.1. The molecule has 0 aliphatic carbocycles. The number of rotatable bonds is 13. The average molecular weight is 805 g/mol. The van der Waals surface area contributed by atoms with Gasteiger partial charge < -0.3 is 40.2 Å². The highest BCUT2D eigenvalue weighted by Crippen LogP contribution is 2.34. The number of aliphatic hydroxyl groups excluding tert-OH is 1. The van der Waals surface area contributed by atoms with E-state index >= 15 is 0 Å². The Labute approximate surface area is 342 Å². The van der Waals surface area contributed by atoms with Crippen LogP contribution in [0.3, 0.4) is 0 Å². The number of alkyl carbamates (subject to hydrolysis) is 1. The maximum Gasteiger partial charge on any atom is 0.407 e. The molecule has 0 bridgehead atoms. The van der Waals surface area contributed by atoms with Gasteiger partial charge in [0.05, 0.1) is 41.3 Å². The first-order valence-corrected chi connectivity index (χ1v) is 20.3. The number of likely N-dealkylation sites (tertiary alicyclic amines) is 2. The summed E-state index contributed by atoms with van der Waals surface area (Å²) in [5.41, 5.74) is 6.05. The Morgan fingerprint density at radius 2 is 1.29 bits per heavy atom. The van der Waals surface area contributed by atoms with Crippen molar-refractivity contribution in [1.82, 2.24) is 40.4 Å². The molecule has 4 heterocycles. The quantitative estimate of drug-likeness (QED) is 0.100. The molecule has 4 unspecified atom stereocenters. The van der Waals surface area contributed by atoms with Crippen LogP contribution in [-0.2, 0) is 25.5 Å². The van der Waals surface area contributed by atoms with Crippen LogP contribution in [0.1, 0.15) is 104 Å². The van der Waals surface area contributed by atoms with Gasteiger partial charge in [-0.1, -0.05) is 52.0 Å². The largest absolute Gasteiger partial charge is 0.453 e. The highest BCUT2D eigenvalue weighted by Gasteiger charge is 2.39. The van der Waals surface area contributed by atoms with Gasteiger partial charge in [-0.2, -0.15) is 0 Å². The molecule has 3 aromatic carbocycles. The lowest BCUT2D eigenvalue weighted by atomic mass is 9.98. The number of hydrogen-bond donors (Lipinski definition) is 5. The van der Waals surface area contributed by atoms with Gasteiger partial charge in [-0.25, -0.2) is 14.8 Å². The van der Waals surface area contributed by atoms with Gasteiger partial charge in [0.25, 0.3) is 0 Å². The maximum absolute atomic E-state index is 13.9. The second-order valence-corrected chi connectivity index (χ2v) is 16.2. The molecule has 4 atom stereocenters. The number of ketones is 1. The lowest BCUT2D eigenvalue weighted by Gasteiger charge is -2.30. The summed E-state index contributed by atoms with van der Waals surface area (Å²) < 4.78 is 4.76. The lowest BCUT2D eigenvalue weighted by molar-refractivity contribution is -0.139. The van der Waals surface area contributed by atoms with Gasteiger partial charge in [-0.15, -0.1) is 0 Å². The van der Waals surface area contributed by atoms with E-state index in [1.165, 1.54) is 7.11 Å². The minimum Gasteiger partial charge on any atom is -0.453 e. The van der Waals surface area contributed by atoms with E-state index in [1.54, 1.807) is 28.0 Å². The predicted molar refractivity (Wildman–Crippen MR) is 220 cm³/mol. The number of hydrogen-bond acceptors (Lipinski definition) is 9. The van der Waals surface area contributed by atoms with Crippen molar-refractivity contribution >= 4 is 51.7 Å². The first-order valence-electron chi connectivity index (χ1n) is 20.3. The number of methoxy groups -OCH3 is 1. The summed E-state index contributed by atoms with van der Waals surface area (Å²) in [5, 5.41) is 14.6. The van der Waals surface area contributed by atoms with E-state index in [-0.39, 0.29) is 41.5 Å². The fraction of sp³-hybridized carbons (Fsp3) is 0.432. The van der Waals surface area contributed by atoms with Gasteiger partial charge in [0.1, 0.15) is 30.3 Å². The number of carbonyl (C=O) groups excluding carboxylic acids is 5. The molecule has 2 fully saturated rings. The number of H-pyrrole nitrogens is 2. The van der Waals surface area contributed by atoms with Crippen LogP contribution in [0.4, 0.5) is 4.79 Å². The fourth-order valence-corrected chi connectivity index (χ4v) is 8.32.